The monoisotopic (exact) mass is 360 g/mol. The predicted molar refractivity (Wildman–Crippen MR) is 93.6 cm³/mol. The van der Waals surface area contributed by atoms with Crippen LogP contribution in [0.1, 0.15) is 16.2 Å². The number of anilines is 1. The van der Waals surface area contributed by atoms with Crippen LogP contribution < -0.4 is 10.1 Å². The Morgan fingerprint density at radius 1 is 1.30 bits per heavy atom. The molecule has 0 fully saturated rings. The molecule has 4 aromatic rings. The number of fused-ring (bicyclic) bond motifs is 1. The van der Waals surface area contributed by atoms with E-state index in [1.807, 2.05) is 6.07 Å². The number of amides is 1. The van der Waals surface area contributed by atoms with E-state index in [-0.39, 0.29) is 17.2 Å². The molecular weight excluding hydrogens is 348 g/mol. The normalized spacial score (nSPS) is 10.5. The highest BCUT2D eigenvalue weighted by molar-refractivity contribution is 6.02. The largest absolute Gasteiger partial charge is 0.497 e. The molecule has 0 atom stereocenters. The summed E-state index contributed by atoms with van der Waals surface area (Å²) in [4.78, 5) is 20.7. The van der Waals surface area contributed by atoms with Gasteiger partial charge in [0.25, 0.3) is 11.7 Å². The third kappa shape index (κ3) is 2.93. The minimum Gasteiger partial charge on any atom is -0.497 e. The fourth-order valence-corrected chi connectivity index (χ4v) is 2.46. The van der Waals surface area contributed by atoms with E-state index in [9.17, 15) is 10.1 Å². The van der Waals surface area contributed by atoms with Gasteiger partial charge < -0.3 is 10.1 Å². The number of rotatable bonds is 4. The molecule has 3 aromatic heterocycles. The smallest absolute Gasteiger partial charge is 0.296 e. The molecule has 10 nitrogen and oxygen atoms in total. The molecule has 1 N–H and O–H groups in total. The van der Waals surface area contributed by atoms with Crippen molar-refractivity contribution in [2.75, 3.05) is 12.4 Å². The molecule has 10 heteroatoms. The number of ether oxygens (including phenoxy) is 1. The quantitative estimate of drug-likeness (QED) is 0.584. The van der Waals surface area contributed by atoms with Crippen LogP contribution in [0.15, 0.2) is 48.9 Å². The van der Waals surface area contributed by atoms with Gasteiger partial charge in [-0.1, -0.05) is 0 Å². The van der Waals surface area contributed by atoms with E-state index in [1.165, 1.54) is 15.4 Å². The van der Waals surface area contributed by atoms with Gasteiger partial charge in [-0.25, -0.2) is 14.2 Å². The summed E-state index contributed by atoms with van der Waals surface area (Å²) in [5, 5.41) is 20.3. The minimum absolute atomic E-state index is 0.0694. The molecule has 0 aliphatic heterocycles. The van der Waals surface area contributed by atoms with Crippen molar-refractivity contribution in [3.63, 3.8) is 0 Å². The summed E-state index contributed by atoms with van der Waals surface area (Å²) >= 11 is 0. The zero-order valence-electron chi connectivity index (χ0n) is 14.1. The van der Waals surface area contributed by atoms with Crippen molar-refractivity contribution in [1.82, 2.24) is 29.4 Å². The molecule has 0 saturated carbocycles. The number of carbonyl (C=O) groups excluding carboxylic acids is 1. The number of hydrogen-bond acceptors (Lipinski definition) is 7. The first kappa shape index (κ1) is 16.2. The Morgan fingerprint density at radius 3 is 2.81 bits per heavy atom. The third-order valence-electron chi connectivity index (χ3n) is 3.76. The van der Waals surface area contributed by atoms with Gasteiger partial charge in [-0.2, -0.15) is 15.3 Å². The van der Waals surface area contributed by atoms with Crippen molar-refractivity contribution < 1.29 is 9.53 Å². The van der Waals surface area contributed by atoms with Crippen molar-refractivity contribution >= 4 is 17.5 Å². The Kier molecular flexibility index (Phi) is 3.94. The Balaban J connectivity index is 1.69. The van der Waals surface area contributed by atoms with Crippen LogP contribution in [0.4, 0.5) is 5.82 Å². The maximum atomic E-state index is 12.6. The summed E-state index contributed by atoms with van der Waals surface area (Å²) in [5.74, 6) is 0.553. The molecule has 27 heavy (non-hydrogen) atoms. The van der Waals surface area contributed by atoms with Crippen LogP contribution in [-0.4, -0.2) is 42.4 Å². The number of carbonyl (C=O) groups is 1. The van der Waals surface area contributed by atoms with Crippen molar-refractivity contribution in [2.45, 2.75) is 0 Å². The summed E-state index contributed by atoms with van der Waals surface area (Å²) in [5.41, 5.74) is 0.860. The lowest BCUT2D eigenvalue weighted by atomic mass is 10.3. The second-order valence-electron chi connectivity index (χ2n) is 5.38. The van der Waals surface area contributed by atoms with Crippen LogP contribution in [0.3, 0.4) is 0 Å². The fourth-order valence-electron chi connectivity index (χ4n) is 2.46. The summed E-state index contributed by atoms with van der Waals surface area (Å²) in [6, 6.07) is 10.7. The maximum absolute atomic E-state index is 12.6. The number of nitrogens with zero attached hydrogens (tertiary/aromatic N) is 7. The van der Waals surface area contributed by atoms with Crippen LogP contribution in [0, 0.1) is 11.3 Å². The lowest BCUT2D eigenvalue weighted by Gasteiger charge is -2.09. The number of nitrogens with one attached hydrogen (secondary N) is 1. The average molecular weight is 360 g/mol. The second-order valence-corrected chi connectivity index (χ2v) is 5.38. The van der Waals surface area contributed by atoms with E-state index >= 15 is 0 Å². The van der Waals surface area contributed by atoms with Crippen LogP contribution in [0.2, 0.25) is 0 Å². The molecule has 0 unspecified atom stereocenters. The van der Waals surface area contributed by atoms with Gasteiger partial charge in [0, 0.05) is 12.4 Å². The molecule has 1 aromatic carbocycles. The molecule has 0 saturated heterocycles. The maximum Gasteiger partial charge on any atom is 0.296 e. The van der Waals surface area contributed by atoms with E-state index in [0.29, 0.717) is 17.2 Å². The Labute approximate surface area is 152 Å². The van der Waals surface area contributed by atoms with Crippen molar-refractivity contribution in [1.29, 1.82) is 5.26 Å². The lowest BCUT2D eigenvalue weighted by molar-refractivity contribution is 0.101. The zero-order chi connectivity index (χ0) is 18.8. The molecule has 0 radical (unpaired) electrons. The molecular formula is C17H12N8O2. The number of benzene rings is 1. The van der Waals surface area contributed by atoms with Gasteiger partial charge in [0.2, 0.25) is 5.82 Å². The number of nitriles is 1. The Bertz CT molecular complexity index is 1140. The summed E-state index contributed by atoms with van der Waals surface area (Å²) in [7, 11) is 1.57. The van der Waals surface area contributed by atoms with Gasteiger partial charge in [0.1, 0.15) is 17.4 Å². The van der Waals surface area contributed by atoms with Crippen LogP contribution in [0.25, 0.3) is 11.5 Å². The van der Waals surface area contributed by atoms with Crippen LogP contribution in [0.5, 0.6) is 5.75 Å². The molecule has 0 aliphatic carbocycles. The number of hydrogen-bond donors (Lipinski definition) is 1. The van der Waals surface area contributed by atoms with E-state index < -0.39 is 5.91 Å². The fraction of sp³-hybridized carbons (Fsp3) is 0.0588. The van der Waals surface area contributed by atoms with E-state index in [4.69, 9.17) is 4.74 Å². The van der Waals surface area contributed by atoms with Crippen LogP contribution >= 0.6 is 0 Å². The first-order chi connectivity index (χ1) is 13.2. The van der Waals surface area contributed by atoms with Crippen molar-refractivity contribution in [3.8, 4) is 17.5 Å². The molecule has 0 bridgehead atoms. The first-order valence-corrected chi connectivity index (χ1v) is 7.81. The Hall–Kier alpha value is -4.26. The topological polar surface area (TPSA) is 123 Å². The van der Waals surface area contributed by atoms with Gasteiger partial charge in [0.05, 0.1) is 19.0 Å². The Morgan fingerprint density at radius 2 is 2.11 bits per heavy atom. The van der Waals surface area contributed by atoms with Gasteiger partial charge in [-0.3, -0.25) is 4.79 Å². The van der Waals surface area contributed by atoms with Gasteiger partial charge in [-0.05, 0) is 30.3 Å². The summed E-state index contributed by atoms with van der Waals surface area (Å²) in [6.45, 7) is 0. The predicted octanol–water partition coefficient (Wildman–Crippen LogP) is 1.44. The molecule has 132 valence electrons. The van der Waals surface area contributed by atoms with Crippen LogP contribution in [-0.2, 0) is 0 Å². The van der Waals surface area contributed by atoms with Gasteiger partial charge >= 0.3 is 0 Å². The molecule has 4 rings (SSSR count). The van der Waals surface area contributed by atoms with E-state index in [0.717, 1.165) is 0 Å². The van der Waals surface area contributed by atoms with E-state index in [2.05, 4.69) is 25.5 Å². The number of methoxy groups -OCH3 is 1. The average Bonchev–Trinajstić information content (AvgIpc) is 3.32. The number of aromatic nitrogens is 6. The highest BCUT2D eigenvalue weighted by atomic mass is 16.5. The SMILES string of the molecule is COc1ccc(-n2ncc(C#N)c2NC(=O)c2nc3ncccn3n2)cc1. The summed E-state index contributed by atoms with van der Waals surface area (Å²) in [6.07, 6.45) is 4.56. The standard InChI is InChI=1S/C17H12N8O2/c1-27-13-5-3-12(4-6-13)25-15(11(9-18)10-20-25)22-16(26)14-21-17-19-7-2-8-24(17)23-14/h2-8,10H,1H3,(H,22,26). The van der Waals surface area contributed by atoms with Gasteiger partial charge in [-0.15, -0.1) is 5.10 Å². The second kappa shape index (κ2) is 6.57. The van der Waals surface area contributed by atoms with Gasteiger partial charge in [0.15, 0.2) is 5.82 Å². The van der Waals surface area contributed by atoms with E-state index in [1.54, 1.807) is 49.8 Å². The van der Waals surface area contributed by atoms with Crippen molar-refractivity contribution in [3.05, 3.63) is 60.3 Å². The highest BCUT2D eigenvalue weighted by Crippen LogP contribution is 2.22. The molecule has 0 aliphatic rings. The zero-order valence-corrected chi connectivity index (χ0v) is 14.1. The molecule has 0 spiro atoms. The third-order valence-corrected chi connectivity index (χ3v) is 3.76. The highest BCUT2D eigenvalue weighted by Gasteiger charge is 2.19. The molecule has 1 amide bonds. The minimum atomic E-state index is -0.577. The lowest BCUT2D eigenvalue weighted by Crippen LogP contribution is -2.17. The summed E-state index contributed by atoms with van der Waals surface area (Å²) < 4.78 is 7.97. The first-order valence-electron chi connectivity index (χ1n) is 7.81. The van der Waals surface area contributed by atoms with Crippen molar-refractivity contribution in [2.24, 2.45) is 0 Å². The molecule has 3 heterocycles.